The van der Waals surface area contributed by atoms with Gasteiger partial charge in [0.1, 0.15) is 11.8 Å². The summed E-state index contributed by atoms with van der Waals surface area (Å²) in [5.41, 5.74) is 4.21. The number of aromatic nitrogens is 1. The predicted octanol–water partition coefficient (Wildman–Crippen LogP) is 1.76. The zero-order chi connectivity index (χ0) is 20.4. The van der Waals surface area contributed by atoms with Gasteiger partial charge in [0.25, 0.3) is 0 Å². The van der Waals surface area contributed by atoms with E-state index in [2.05, 4.69) is 28.7 Å². The number of carbonyl (C=O) groups excluding carboxylic acids is 2. The lowest BCUT2D eigenvalue weighted by Crippen LogP contribution is -2.46. The predicted molar refractivity (Wildman–Crippen MR) is 107 cm³/mol. The molecule has 2 amide bonds. The van der Waals surface area contributed by atoms with Gasteiger partial charge in [-0.2, -0.15) is 0 Å². The van der Waals surface area contributed by atoms with Gasteiger partial charge in [-0.3, -0.25) is 9.59 Å². The van der Waals surface area contributed by atoms with E-state index in [4.69, 9.17) is 4.52 Å². The van der Waals surface area contributed by atoms with Crippen LogP contribution in [0.5, 0.6) is 0 Å². The summed E-state index contributed by atoms with van der Waals surface area (Å²) in [6.07, 6.45) is 5.84. The number of aliphatic hydroxyl groups excluding tert-OH is 1. The summed E-state index contributed by atoms with van der Waals surface area (Å²) in [5, 5.41) is 16.8. The number of amides is 2. The fraction of sp³-hybridized carbons (Fsp3) is 0.409. The Labute approximate surface area is 169 Å². The van der Waals surface area contributed by atoms with Crippen molar-refractivity contribution in [2.24, 2.45) is 0 Å². The van der Waals surface area contributed by atoms with Crippen molar-refractivity contribution < 1.29 is 19.2 Å². The fourth-order valence-corrected chi connectivity index (χ4v) is 4.08. The minimum Gasteiger partial charge on any atom is -0.391 e. The van der Waals surface area contributed by atoms with E-state index in [1.165, 1.54) is 16.0 Å². The van der Waals surface area contributed by atoms with Crippen LogP contribution in [-0.2, 0) is 29.0 Å². The summed E-state index contributed by atoms with van der Waals surface area (Å²) in [4.78, 5) is 27.0. The zero-order valence-corrected chi connectivity index (χ0v) is 16.4. The lowest BCUT2D eigenvalue weighted by molar-refractivity contribution is -0.138. The van der Waals surface area contributed by atoms with Gasteiger partial charge in [-0.15, -0.1) is 0 Å². The quantitative estimate of drug-likeness (QED) is 0.804. The molecule has 0 bridgehead atoms. The Balaban J connectivity index is 1.42. The Hall–Kier alpha value is -2.93. The van der Waals surface area contributed by atoms with Crippen molar-refractivity contribution in [3.63, 3.8) is 0 Å². The summed E-state index contributed by atoms with van der Waals surface area (Å²) < 4.78 is 5.11. The number of aryl methyl sites for hydroxylation is 2. The van der Waals surface area contributed by atoms with E-state index in [1.807, 2.05) is 12.1 Å². The van der Waals surface area contributed by atoms with Gasteiger partial charge in [0.05, 0.1) is 18.2 Å². The third kappa shape index (κ3) is 4.24. The van der Waals surface area contributed by atoms with Crippen molar-refractivity contribution >= 4 is 17.9 Å². The van der Waals surface area contributed by atoms with Crippen LogP contribution in [0.25, 0.3) is 6.08 Å². The van der Waals surface area contributed by atoms with Crippen LogP contribution in [0.15, 0.2) is 34.9 Å². The highest BCUT2D eigenvalue weighted by atomic mass is 16.5. The zero-order valence-electron chi connectivity index (χ0n) is 16.4. The Morgan fingerprint density at radius 1 is 1.38 bits per heavy atom. The van der Waals surface area contributed by atoms with E-state index < -0.39 is 12.1 Å². The molecule has 1 aliphatic heterocycles. The molecule has 4 rings (SSSR count). The average molecular weight is 395 g/mol. The number of allylic oxidation sites excluding steroid dienone is 1. The van der Waals surface area contributed by atoms with E-state index in [9.17, 15) is 14.7 Å². The maximum absolute atomic E-state index is 12.8. The Morgan fingerprint density at radius 2 is 2.24 bits per heavy atom. The normalized spacial score (nSPS) is 20.6. The van der Waals surface area contributed by atoms with Crippen LogP contribution in [0.4, 0.5) is 0 Å². The molecule has 0 unspecified atom stereocenters. The van der Waals surface area contributed by atoms with Crippen LogP contribution in [0.2, 0.25) is 0 Å². The van der Waals surface area contributed by atoms with Crippen LogP contribution < -0.4 is 5.32 Å². The monoisotopic (exact) mass is 395 g/mol. The SMILES string of the molecule is Cc1cc(CC(=O)N2C[C@H](O)C[C@H]2C(=O)NCc2cccc3c2C=CCC3)on1. The van der Waals surface area contributed by atoms with E-state index in [0.29, 0.717) is 18.0 Å². The fourth-order valence-electron chi connectivity index (χ4n) is 4.08. The van der Waals surface area contributed by atoms with Gasteiger partial charge in [0.15, 0.2) is 0 Å². The topological polar surface area (TPSA) is 95.7 Å². The first-order valence-electron chi connectivity index (χ1n) is 9.96. The van der Waals surface area contributed by atoms with Crippen LogP contribution in [0, 0.1) is 6.92 Å². The van der Waals surface area contributed by atoms with Gasteiger partial charge in [0, 0.05) is 25.6 Å². The Morgan fingerprint density at radius 3 is 3.03 bits per heavy atom. The smallest absolute Gasteiger partial charge is 0.243 e. The molecule has 2 N–H and O–H groups in total. The first kappa shape index (κ1) is 19.4. The second-order valence-electron chi connectivity index (χ2n) is 7.71. The molecule has 1 aromatic carbocycles. The number of β-amino-alcohol motifs (C(OH)–C–C–N with tert-alkyl or cyclic N) is 1. The van der Waals surface area contributed by atoms with Gasteiger partial charge in [-0.1, -0.05) is 35.5 Å². The first-order valence-corrected chi connectivity index (χ1v) is 9.96. The summed E-state index contributed by atoms with van der Waals surface area (Å²) in [6.45, 7) is 2.32. The molecule has 2 heterocycles. The number of hydrogen-bond acceptors (Lipinski definition) is 5. The number of nitrogens with zero attached hydrogens (tertiary/aromatic N) is 2. The van der Waals surface area contributed by atoms with Gasteiger partial charge in [-0.05, 0) is 36.5 Å². The molecule has 2 aromatic rings. The number of nitrogens with one attached hydrogen (secondary N) is 1. The van der Waals surface area contributed by atoms with Crippen molar-refractivity contribution in [1.29, 1.82) is 0 Å². The van der Waals surface area contributed by atoms with Crippen LogP contribution in [-0.4, -0.2) is 45.7 Å². The van der Waals surface area contributed by atoms with Gasteiger partial charge >= 0.3 is 0 Å². The van der Waals surface area contributed by atoms with Crippen LogP contribution >= 0.6 is 0 Å². The first-order chi connectivity index (χ1) is 14.0. The van der Waals surface area contributed by atoms with E-state index in [-0.39, 0.29) is 31.2 Å². The number of carbonyl (C=O) groups is 2. The second-order valence-corrected chi connectivity index (χ2v) is 7.71. The molecule has 29 heavy (non-hydrogen) atoms. The number of likely N-dealkylation sites (tertiary alicyclic amines) is 1. The number of aliphatic hydroxyl groups is 1. The maximum atomic E-state index is 12.8. The molecule has 0 spiro atoms. The average Bonchev–Trinajstić information content (AvgIpc) is 3.31. The highest BCUT2D eigenvalue weighted by Crippen LogP contribution is 2.24. The molecule has 0 radical (unpaired) electrons. The standard InChI is InChI=1S/C22H25N3O4/c1-14-9-18(29-24-14)11-21(27)25-13-17(26)10-20(25)22(28)23-12-16-7-4-6-15-5-2-3-8-19(15)16/h3-4,6-9,17,20,26H,2,5,10-13H2,1H3,(H,23,28)/t17-,20+/m1/s1. The Kier molecular flexibility index (Phi) is 5.49. The van der Waals surface area contributed by atoms with Gasteiger partial charge < -0.3 is 19.8 Å². The summed E-state index contributed by atoms with van der Waals surface area (Å²) in [5.74, 6) is -0.0466. The van der Waals surface area contributed by atoms with Crippen molar-refractivity contribution in [2.75, 3.05) is 6.54 Å². The second kappa shape index (κ2) is 8.21. The molecular weight excluding hydrogens is 370 g/mol. The summed E-state index contributed by atoms with van der Waals surface area (Å²) in [7, 11) is 0. The highest BCUT2D eigenvalue weighted by Gasteiger charge is 2.39. The van der Waals surface area contributed by atoms with E-state index in [0.717, 1.165) is 18.4 Å². The lowest BCUT2D eigenvalue weighted by atomic mass is 9.93. The molecule has 1 aromatic heterocycles. The van der Waals surface area contributed by atoms with Gasteiger partial charge in [0.2, 0.25) is 11.8 Å². The Bertz CT molecular complexity index is 949. The molecule has 1 saturated heterocycles. The molecule has 2 aliphatic rings. The largest absolute Gasteiger partial charge is 0.391 e. The molecule has 1 fully saturated rings. The van der Waals surface area contributed by atoms with Crippen molar-refractivity contribution in [3.8, 4) is 0 Å². The molecular formula is C22H25N3O4. The van der Waals surface area contributed by atoms with Crippen LogP contribution in [0.1, 0.15) is 41.0 Å². The third-order valence-electron chi connectivity index (χ3n) is 5.51. The summed E-state index contributed by atoms with van der Waals surface area (Å²) in [6, 6.07) is 7.15. The number of fused-ring (bicyclic) bond motifs is 1. The molecule has 2 atom stereocenters. The van der Waals surface area contributed by atoms with Crippen molar-refractivity contribution in [3.05, 3.63) is 58.5 Å². The summed E-state index contributed by atoms with van der Waals surface area (Å²) >= 11 is 0. The molecule has 7 heteroatoms. The van der Waals surface area contributed by atoms with E-state index in [1.54, 1.807) is 13.0 Å². The maximum Gasteiger partial charge on any atom is 0.243 e. The number of rotatable bonds is 5. The number of hydrogen-bond donors (Lipinski definition) is 2. The van der Waals surface area contributed by atoms with Gasteiger partial charge in [-0.25, -0.2) is 0 Å². The third-order valence-corrected chi connectivity index (χ3v) is 5.51. The highest BCUT2D eigenvalue weighted by molar-refractivity contribution is 5.89. The van der Waals surface area contributed by atoms with Crippen molar-refractivity contribution in [2.45, 2.75) is 51.3 Å². The minimum absolute atomic E-state index is 0.0222. The molecule has 152 valence electrons. The van der Waals surface area contributed by atoms with E-state index >= 15 is 0 Å². The lowest BCUT2D eigenvalue weighted by Gasteiger charge is -2.23. The number of benzene rings is 1. The molecule has 1 aliphatic carbocycles. The van der Waals surface area contributed by atoms with Crippen molar-refractivity contribution in [1.82, 2.24) is 15.4 Å². The molecule has 0 saturated carbocycles. The van der Waals surface area contributed by atoms with Crippen LogP contribution in [0.3, 0.4) is 0 Å². The molecule has 7 nitrogen and oxygen atoms in total. The minimum atomic E-state index is -0.710.